The minimum absolute atomic E-state index is 0.142. The topological polar surface area (TPSA) is 109 Å². The molecule has 1 atom stereocenters. The quantitative estimate of drug-likeness (QED) is 0.413. The Morgan fingerprint density at radius 2 is 2.14 bits per heavy atom. The Hall–Kier alpha value is -3.26. The Bertz CT molecular complexity index is 1230. The molecule has 2 N–H and O–H groups in total. The molecule has 0 saturated carbocycles. The van der Waals surface area contributed by atoms with Crippen LogP contribution in [-0.4, -0.2) is 16.0 Å². The van der Waals surface area contributed by atoms with Crippen molar-refractivity contribution in [3.63, 3.8) is 0 Å². The van der Waals surface area contributed by atoms with Crippen LogP contribution in [0, 0.1) is 0 Å². The van der Waals surface area contributed by atoms with Gasteiger partial charge in [-0.3, -0.25) is 4.79 Å². The van der Waals surface area contributed by atoms with Crippen LogP contribution in [0.4, 0.5) is 5.69 Å². The zero-order valence-corrected chi connectivity index (χ0v) is 16.5. The van der Waals surface area contributed by atoms with E-state index in [2.05, 4.69) is 40.1 Å². The van der Waals surface area contributed by atoms with Gasteiger partial charge in [-0.25, -0.2) is 4.98 Å². The zero-order valence-electron chi connectivity index (χ0n) is 15.7. The maximum absolute atomic E-state index is 12.9. The van der Waals surface area contributed by atoms with E-state index in [0.29, 0.717) is 21.3 Å². The van der Waals surface area contributed by atoms with Crippen molar-refractivity contribution in [3.05, 3.63) is 63.8 Å². The molecule has 0 aliphatic heterocycles. The molecule has 1 unspecified atom stereocenters. The minimum Gasteiger partial charge on any atom is -0.539 e. The highest BCUT2D eigenvalue weighted by Crippen LogP contribution is 2.39. The van der Waals surface area contributed by atoms with Gasteiger partial charge in [0.25, 0.3) is 5.78 Å². The highest BCUT2D eigenvalue weighted by molar-refractivity contribution is 7.21. The fourth-order valence-corrected chi connectivity index (χ4v) is 5.07. The van der Waals surface area contributed by atoms with Gasteiger partial charge in [0, 0.05) is 11.1 Å². The van der Waals surface area contributed by atoms with Gasteiger partial charge >= 0.3 is 5.69 Å². The summed E-state index contributed by atoms with van der Waals surface area (Å²) < 4.78 is 5.71. The normalized spacial score (nSPS) is 16.1. The molecule has 4 aromatic rings. The maximum atomic E-state index is 12.9. The summed E-state index contributed by atoms with van der Waals surface area (Å²) in [6, 6.07) is 12.5. The molecule has 1 aromatic carbocycles. The standard InChI is InChI=1S/C21H18N4O3S/c1-25-17(21(27)28-24-25)18(26)19-16(22)14-10-13-9-12(11-5-3-2-4-6-11)7-8-15(13)23-20(14)29-19/h2-6,10,12H,7-9H2,1H3,(H2-,22,24,26,27). The Morgan fingerprint density at radius 1 is 1.34 bits per heavy atom. The summed E-state index contributed by atoms with van der Waals surface area (Å²) in [6.07, 6.45) is 2.82. The first-order valence-corrected chi connectivity index (χ1v) is 10.2. The van der Waals surface area contributed by atoms with Gasteiger partial charge in [0.15, 0.2) is 13.0 Å². The van der Waals surface area contributed by atoms with Crippen molar-refractivity contribution in [2.24, 2.45) is 7.05 Å². The van der Waals surface area contributed by atoms with Crippen LogP contribution in [0.1, 0.15) is 44.5 Å². The molecular formula is C21H18N4O3S. The van der Waals surface area contributed by atoms with E-state index in [4.69, 9.17) is 10.7 Å². The second-order valence-electron chi connectivity index (χ2n) is 7.30. The molecule has 29 heavy (non-hydrogen) atoms. The maximum Gasteiger partial charge on any atom is 0.305 e. The number of rotatable bonds is 3. The van der Waals surface area contributed by atoms with Crippen LogP contribution in [0.15, 0.2) is 40.9 Å². The molecule has 0 bridgehead atoms. The van der Waals surface area contributed by atoms with Gasteiger partial charge in [0.2, 0.25) is 0 Å². The molecule has 0 amide bonds. The number of anilines is 1. The van der Waals surface area contributed by atoms with Crippen molar-refractivity contribution in [2.45, 2.75) is 25.2 Å². The number of pyridine rings is 1. The molecule has 1 aliphatic carbocycles. The fraction of sp³-hybridized carbons (Fsp3) is 0.238. The lowest BCUT2D eigenvalue weighted by atomic mass is 9.82. The molecule has 146 valence electrons. The number of hydrogen-bond acceptors (Lipinski definition) is 7. The summed E-state index contributed by atoms with van der Waals surface area (Å²) >= 11 is 1.21. The number of nitrogens with two attached hydrogens (primary N) is 1. The first-order valence-electron chi connectivity index (χ1n) is 9.36. The van der Waals surface area contributed by atoms with Gasteiger partial charge in [-0.15, -0.1) is 11.3 Å². The summed E-state index contributed by atoms with van der Waals surface area (Å²) in [5.74, 6) is -0.810. The van der Waals surface area contributed by atoms with Gasteiger partial charge in [-0.1, -0.05) is 35.0 Å². The second-order valence-corrected chi connectivity index (χ2v) is 8.30. The molecule has 5 rings (SSSR count). The average molecular weight is 406 g/mol. The number of benzene rings is 1. The lowest BCUT2D eigenvalue weighted by molar-refractivity contribution is -0.741. The average Bonchev–Trinajstić information content (AvgIpc) is 3.25. The van der Waals surface area contributed by atoms with Crippen LogP contribution >= 0.6 is 11.3 Å². The number of aryl methyl sites for hydroxylation is 2. The van der Waals surface area contributed by atoms with Gasteiger partial charge in [-0.05, 0) is 42.4 Å². The van der Waals surface area contributed by atoms with Crippen molar-refractivity contribution in [1.82, 2.24) is 10.3 Å². The highest BCUT2D eigenvalue weighted by atomic mass is 32.1. The van der Waals surface area contributed by atoms with Gasteiger partial charge in [0.05, 0.1) is 11.0 Å². The number of nitrogens with zero attached hydrogens (tertiary/aromatic N) is 3. The highest BCUT2D eigenvalue weighted by Gasteiger charge is 2.30. The third kappa shape index (κ3) is 2.87. The SMILES string of the molecule is C[n+]1noc([O-])c1C(=O)c1sc2nc3c(cc2c1N)CC(c1ccccc1)CC3. The van der Waals surface area contributed by atoms with Crippen LogP contribution in [-0.2, 0) is 19.9 Å². The van der Waals surface area contributed by atoms with E-state index < -0.39 is 11.7 Å². The number of carbonyl (C=O) groups excluding carboxylic acids is 1. The number of nitrogen functional groups attached to an aromatic ring is 1. The Labute approximate surface area is 170 Å². The number of aromatic nitrogens is 3. The predicted molar refractivity (Wildman–Crippen MR) is 106 cm³/mol. The van der Waals surface area contributed by atoms with Crippen molar-refractivity contribution in [1.29, 1.82) is 0 Å². The number of fused-ring (bicyclic) bond motifs is 2. The second kappa shape index (κ2) is 6.66. The molecule has 8 heteroatoms. The summed E-state index contributed by atoms with van der Waals surface area (Å²) in [5, 5.41) is 16.1. The van der Waals surface area contributed by atoms with E-state index in [-0.39, 0.29) is 5.69 Å². The Morgan fingerprint density at radius 3 is 2.86 bits per heavy atom. The molecule has 0 fully saturated rings. The van der Waals surface area contributed by atoms with Gasteiger partial charge in [-0.2, -0.15) is 0 Å². The lowest BCUT2D eigenvalue weighted by Crippen LogP contribution is -2.37. The number of thiophene rings is 1. The summed E-state index contributed by atoms with van der Waals surface area (Å²) in [4.78, 5) is 18.7. The van der Waals surface area contributed by atoms with Crippen LogP contribution in [0.5, 0.6) is 5.95 Å². The number of hydrogen-bond donors (Lipinski definition) is 1. The van der Waals surface area contributed by atoms with Gasteiger partial charge < -0.3 is 15.4 Å². The van der Waals surface area contributed by atoms with E-state index in [1.807, 2.05) is 6.07 Å². The van der Waals surface area contributed by atoms with E-state index in [0.717, 1.165) is 35.0 Å². The Kier molecular flexibility index (Phi) is 4.09. The predicted octanol–water partition coefficient (Wildman–Crippen LogP) is 2.27. The van der Waals surface area contributed by atoms with E-state index in [9.17, 15) is 9.90 Å². The summed E-state index contributed by atoms with van der Waals surface area (Å²) in [7, 11) is 1.49. The van der Waals surface area contributed by atoms with Crippen LogP contribution in [0.25, 0.3) is 10.2 Å². The first kappa shape index (κ1) is 17.8. The van der Waals surface area contributed by atoms with E-state index >= 15 is 0 Å². The third-order valence-corrected chi connectivity index (χ3v) is 6.66. The third-order valence-electron chi connectivity index (χ3n) is 5.54. The molecule has 0 spiro atoms. The monoisotopic (exact) mass is 406 g/mol. The van der Waals surface area contributed by atoms with Crippen molar-refractivity contribution >= 4 is 33.0 Å². The molecule has 1 aliphatic rings. The van der Waals surface area contributed by atoms with Crippen molar-refractivity contribution in [2.75, 3.05) is 5.73 Å². The molecule has 3 heterocycles. The zero-order chi connectivity index (χ0) is 20.1. The van der Waals surface area contributed by atoms with E-state index in [1.165, 1.54) is 29.5 Å². The lowest BCUT2D eigenvalue weighted by Gasteiger charge is -2.24. The largest absolute Gasteiger partial charge is 0.539 e. The van der Waals surface area contributed by atoms with Crippen molar-refractivity contribution in [3.8, 4) is 5.95 Å². The minimum atomic E-state index is -0.771. The smallest absolute Gasteiger partial charge is 0.305 e. The molecule has 7 nitrogen and oxygen atoms in total. The number of ketones is 1. The summed E-state index contributed by atoms with van der Waals surface area (Å²) in [5.41, 5.74) is 10.1. The van der Waals surface area contributed by atoms with E-state index in [1.54, 1.807) is 0 Å². The Balaban J connectivity index is 1.55. The van der Waals surface area contributed by atoms with Crippen LogP contribution in [0.3, 0.4) is 0 Å². The summed E-state index contributed by atoms with van der Waals surface area (Å²) in [6.45, 7) is 0. The van der Waals surface area contributed by atoms with Crippen molar-refractivity contribution < 1.29 is 19.1 Å². The van der Waals surface area contributed by atoms with Crippen LogP contribution in [0.2, 0.25) is 0 Å². The fourth-order valence-electron chi connectivity index (χ4n) is 4.03. The molecular weight excluding hydrogens is 388 g/mol. The molecule has 3 aromatic heterocycles. The molecule has 0 radical (unpaired) electrons. The first-order chi connectivity index (χ1) is 14.0. The van der Waals surface area contributed by atoms with Crippen LogP contribution < -0.4 is 15.5 Å². The van der Waals surface area contributed by atoms with Gasteiger partial charge in [0.1, 0.15) is 9.71 Å². The molecule has 0 saturated heterocycles. The number of carbonyl (C=O) groups is 1.